The third-order valence-corrected chi connectivity index (χ3v) is 1.26. The number of aryl methyl sites for hydroxylation is 1. The van der Waals surface area contributed by atoms with E-state index >= 15 is 0 Å². The van der Waals surface area contributed by atoms with Crippen LogP contribution in [-0.4, -0.2) is 21.3 Å². The first kappa shape index (κ1) is 10.2. The van der Waals surface area contributed by atoms with E-state index in [2.05, 4.69) is 4.98 Å². The molecule has 1 rings (SSSR count). The molecule has 1 heterocycles. The highest BCUT2D eigenvalue weighted by Gasteiger charge is 1.92. The number of aromatic nitrogens is 2. The van der Waals surface area contributed by atoms with Crippen molar-refractivity contribution in [1.29, 1.82) is 0 Å². The Hall–Kier alpha value is -0.830. The van der Waals surface area contributed by atoms with E-state index in [0.29, 0.717) is 6.54 Å². The molecule has 11 heavy (non-hydrogen) atoms. The van der Waals surface area contributed by atoms with E-state index in [-0.39, 0.29) is 6.61 Å². The lowest BCUT2D eigenvalue weighted by Gasteiger charge is -1.98. The molecule has 1 N–H and O–H groups in total. The largest absolute Gasteiger partial charge is 0.395 e. The quantitative estimate of drug-likeness (QED) is 0.699. The zero-order chi connectivity index (χ0) is 8.69. The van der Waals surface area contributed by atoms with Gasteiger partial charge in [0.1, 0.15) is 5.82 Å². The summed E-state index contributed by atoms with van der Waals surface area (Å²) in [6, 6.07) is 0. The summed E-state index contributed by atoms with van der Waals surface area (Å²) >= 11 is 0. The Bertz CT molecular complexity index is 184. The van der Waals surface area contributed by atoms with Crippen LogP contribution in [0, 0.1) is 6.92 Å². The van der Waals surface area contributed by atoms with Gasteiger partial charge < -0.3 is 9.67 Å². The topological polar surface area (TPSA) is 38.0 Å². The lowest BCUT2D eigenvalue weighted by Crippen LogP contribution is -2.02. The molecule has 0 aromatic carbocycles. The Labute approximate surface area is 67.7 Å². The highest BCUT2D eigenvalue weighted by Crippen LogP contribution is 1.92. The third-order valence-electron chi connectivity index (χ3n) is 1.26. The molecule has 0 atom stereocenters. The summed E-state index contributed by atoms with van der Waals surface area (Å²) in [6.07, 6.45) is 3.58. The maximum absolute atomic E-state index is 8.51. The van der Waals surface area contributed by atoms with Crippen LogP contribution in [0.5, 0.6) is 0 Å². The number of rotatable bonds is 2. The number of nitrogens with zero attached hydrogens (tertiary/aromatic N) is 2. The van der Waals surface area contributed by atoms with Crippen LogP contribution < -0.4 is 0 Å². The molecule has 3 nitrogen and oxygen atoms in total. The van der Waals surface area contributed by atoms with Gasteiger partial charge in [0.15, 0.2) is 0 Å². The van der Waals surface area contributed by atoms with Gasteiger partial charge in [-0.25, -0.2) is 4.98 Å². The Morgan fingerprint density at radius 1 is 1.55 bits per heavy atom. The minimum atomic E-state index is 0.178. The van der Waals surface area contributed by atoms with Crippen molar-refractivity contribution in [2.45, 2.75) is 27.3 Å². The maximum Gasteiger partial charge on any atom is 0.105 e. The molecule has 3 heteroatoms. The molecular formula is C8H16N2O. The average molecular weight is 156 g/mol. The molecule has 0 saturated carbocycles. The lowest BCUT2D eigenvalue weighted by molar-refractivity contribution is 0.275. The van der Waals surface area contributed by atoms with Crippen molar-refractivity contribution in [2.24, 2.45) is 0 Å². The predicted octanol–water partition coefficient (Wildman–Crippen LogP) is 1.21. The van der Waals surface area contributed by atoms with Crippen molar-refractivity contribution in [3.63, 3.8) is 0 Å². The molecule has 0 radical (unpaired) electrons. The molecule has 0 spiro atoms. The molecule has 0 aliphatic carbocycles. The summed E-state index contributed by atoms with van der Waals surface area (Å²) in [5, 5.41) is 8.51. The molecular weight excluding hydrogens is 140 g/mol. The Balaban J connectivity index is 0.000000461. The van der Waals surface area contributed by atoms with Crippen LogP contribution in [0.15, 0.2) is 12.4 Å². The molecule has 0 amide bonds. The van der Waals surface area contributed by atoms with Crippen LogP contribution in [0.3, 0.4) is 0 Å². The molecule has 0 aliphatic rings. The molecule has 0 fully saturated rings. The van der Waals surface area contributed by atoms with Gasteiger partial charge in [-0.1, -0.05) is 13.8 Å². The highest BCUT2D eigenvalue weighted by molar-refractivity contribution is 4.87. The molecule has 0 bridgehead atoms. The van der Waals surface area contributed by atoms with E-state index in [0.717, 1.165) is 5.82 Å². The van der Waals surface area contributed by atoms with Gasteiger partial charge in [0, 0.05) is 18.9 Å². The van der Waals surface area contributed by atoms with E-state index in [1.165, 1.54) is 0 Å². The predicted molar refractivity (Wildman–Crippen MR) is 45.4 cm³/mol. The molecule has 1 aromatic heterocycles. The van der Waals surface area contributed by atoms with E-state index in [9.17, 15) is 0 Å². The summed E-state index contributed by atoms with van der Waals surface area (Å²) in [5.74, 6) is 0.948. The fourth-order valence-electron chi connectivity index (χ4n) is 0.748. The van der Waals surface area contributed by atoms with E-state index in [1.807, 2.05) is 31.5 Å². The van der Waals surface area contributed by atoms with E-state index in [1.54, 1.807) is 6.20 Å². The zero-order valence-corrected chi connectivity index (χ0v) is 7.41. The molecule has 1 aromatic rings. The van der Waals surface area contributed by atoms with Crippen molar-refractivity contribution in [2.75, 3.05) is 6.61 Å². The van der Waals surface area contributed by atoms with Crippen LogP contribution in [0.1, 0.15) is 19.7 Å². The normalized spacial score (nSPS) is 8.73. The smallest absolute Gasteiger partial charge is 0.105 e. The van der Waals surface area contributed by atoms with Crippen molar-refractivity contribution >= 4 is 0 Å². The number of aliphatic hydroxyl groups is 1. The second-order valence-electron chi connectivity index (χ2n) is 1.89. The van der Waals surface area contributed by atoms with Crippen LogP contribution in [0.2, 0.25) is 0 Å². The van der Waals surface area contributed by atoms with Gasteiger partial charge in [-0.15, -0.1) is 0 Å². The Morgan fingerprint density at radius 2 is 2.18 bits per heavy atom. The average Bonchev–Trinajstić information content (AvgIpc) is 2.42. The number of hydrogen-bond acceptors (Lipinski definition) is 2. The number of aliphatic hydroxyl groups excluding tert-OH is 1. The van der Waals surface area contributed by atoms with Gasteiger partial charge >= 0.3 is 0 Å². The van der Waals surface area contributed by atoms with Crippen LogP contribution in [-0.2, 0) is 6.54 Å². The van der Waals surface area contributed by atoms with Crippen molar-refractivity contribution < 1.29 is 5.11 Å². The number of hydrogen-bond donors (Lipinski definition) is 1. The first-order valence-electron chi connectivity index (χ1n) is 3.93. The standard InChI is InChI=1S/C6H10N2O.C2H6/c1-6-7-2-3-8(6)4-5-9;1-2/h2-3,9H,4-5H2,1H3;1-2H3. The molecule has 0 aliphatic heterocycles. The van der Waals surface area contributed by atoms with Gasteiger partial charge in [0.05, 0.1) is 6.61 Å². The minimum absolute atomic E-state index is 0.178. The van der Waals surface area contributed by atoms with Crippen LogP contribution in [0.25, 0.3) is 0 Å². The van der Waals surface area contributed by atoms with Crippen molar-refractivity contribution in [3.05, 3.63) is 18.2 Å². The van der Waals surface area contributed by atoms with Gasteiger partial charge in [-0.3, -0.25) is 0 Å². The van der Waals surface area contributed by atoms with E-state index < -0.39 is 0 Å². The second-order valence-corrected chi connectivity index (χ2v) is 1.89. The summed E-state index contributed by atoms with van der Waals surface area (Å²) < 4.78 is 1.90. The van der Waals surface area contributed by atoms with Gasteiger partial charge in [0.2, 0.25) is 0 Å². The summed E-state index contributed by atoms with van der Waals surface area (Å²) in [6.45, 7) is 6.73. The first-order chi connectivity index (χ1) is 5.34. The SMILES string of the molecule is CC.Cc1nccn1CCO. The van der Waals surface area contributed by atoms with Gasteiger partial charge in [-0.2, -0.15) is 0 Å². The minimum Gasteiger partial charge on any atom is -0.395 e. The molecule has 64 valence electrons. The fraction of sp³-hybridized carbons (Fsp3) is 0.625. The summed E-state index contributed by atoms with van der Waals surface area (Å²) in [4.78, 5) is 3.99. The van der Waals surface area contributed by atoms with Crippen molar-refractivity contribution in [3.8, 4) is 0 Å². The zero-order valence-electron chi connectivity index (χ0n) is 7.41. The third kappa shape index (κ3) is 3.18. The fourth-order valence-corrected chi connectivity index (χ4v) is 0.748. The Kier molecular flexibility index (Phi) is 5.47. The lowest BCUT2D eigenvalue weighted by atomic mass is 10.6. The van der Waals surface area contributed by atoms with Crippen LogP contribution in [0.4, 0.5) is 0 Å². The summed E-state index contributed by atoms with van der Waals surface area (Å²) in [7, 11) is 0. The van der Waals surface area contributed by atoms with E-state index in [4.69, 9.17) is 5.11 Å². The van der Waals surface area contributed by atoms with Crippen LogP contribution >= 0.6 is 0 Å². The molecule has 0 saturated heterocycles. The first-order valence-corrected chi connectivity index (χ1v) is 3.93. The van der Waals surface area contributed by atoms with Crippen molar-refractivity contribution in [1.82, 2.24) is 9.55 Å². The number of imidazole rings is 1. The second kappa shape index (κ2) is 5.92. The monoisotopic (exact) mass is 156 g/mol. The molecule has 0 unspecified atom stereocenters. The highest BCUT2D eigenvalue weighted by atomic mass is 16.3. The Morgan fingerprint density at radius 3 is 2.55 bits per heavy atom. The summed E-state index contributed by atoms with van der Waals surface area (Å²) in [5.41, 5.74) is 0. The maximum atomic E-state index is 8.51. The van der Waals surface area contributed by atoms with Gasteiger partial charge in [0.25, 0.3) is 0 Å². The van der Waals surface area contributed by atoms with Gasteiger partial charge in [-0.05, 0) is 6.92 Å².